The maximum atomic E-state index is 4.08. The Morgan fingerprint density at radius 1 is 1.00 bits per heavy atom. The van der Waals surface area contributed by atoms with Gasteiger partial charge >= 0.3 is 29.6 Å². The molecule has 2 heteroatoms. The fraction of sp³-hybridized carbons (Fsp3) is 0. The van der Waals surface area contributed by atoms with Crippen LogP contribution in [0.1, 0.15) is 0 Å². The van der Waals surface area contributed by atoms with Crippen molar-refractivity contribution >= 4 is 42.2 Å². The van der Waals surface area contributed by atoms with E-state index in [0.29, 0.717) is 0 Å². The number of hydrogen-bond donors (Lipinski definition) is 1. The van der Waals surface area contributed by atoms with Crippen LogP contribution in [0.5, 0.6) is 0 Å². The van der Waals surface area contributed by atoms with E-state index >= 15 is 0 Å². The van der Waals surface area contributed by atoms with Gasteiger partial charge in [-0.3, -0.25) is 0 Å². The van der Waals surface area contributed by atoms with Crippen LogP contribution in [-0.4, -0.2) is 29.6 Å². The van der Waals surface area contributed by atoms with Gasteiger partial charge in [0.1, 0.15) is 0 Å². The molecule has 0 radical (unpaired) electrons. The molecule has 0 aliphatic carbocycles. The van der Waals surface area contributed by atoms with Crippen molar-refractivity contribution in [2.24, 2.45) is 0 Å². The summed E-state index contributed by atoms with van der Waals surface area (Å²) in [7, 11) is 0. The Morgan fingerprint density at radius 2 is 1.50 bits per heavy atom. The summed E-state index contributed by atoms with van der Waals surface area (Å²) in [4.78, 5) is 1.02. The Labute approximate surface area is 77.0 Å². The molecule has 0 aliphatic rings. The summed E-state index contributed by atoms with van der Waals surface area (Å²) in [6.07, 6.45) is 0. The fourth-order valence-corrected chi connectivity index (χ4v) is 0.600. The van der Waals surface area contributed by atoms with E-state index in [2.05, 4.69) is 12.6 Å². The molecule has 1 aromatic carbocycles. The van der Waals surface area contributed by atoms with Gasteiger partial charge in [-0.25, -0.2) is 0 Å². The summed E-state index contributed by atoms with van der Waals surface area (Å²) in [6, 6.07) is 9.79. The van der Waals surface area contributed by atoms with E-state index in [0.717, 1.165) is 4.90 Å². The van der Waals surface area contributed by atoms with Crippen molar-refractivity contribution in [3.63, 3.8) is 0 Å². The molecule has 1 aromatic rings. The second-order valence-corrected chi connectivity index (χ2v) is 1.85. The maximum absolute atomic E-state index is 4.08. The summed E-state index contributed by atoms with van der Waals surface area (Å²) in [5.41, 5.74) is 0. The van der Waals surface area contributed by atoms with E-state index in [1.807, 2.05) is 30.3 Å². The second kappa shape index (κ2) is 4.45. The Kier molecular flexibility index (Phi) is 4.77. The standard InChI is InChI=1S/C6H6S.Na.H/c7-6-4-2-1-3-5-6;;/h1-5,7H;;. The molecular formula is C6H7NaS. The third-order valence-corrected chi connectivity index (χ3v) is 1.05. The summed E-state index contributed by atoms with van der Waals surface area (Å²) in [6.45, 7) is 0. The number of hydrogen-bond acceptors (Lipinski definition) is 1. The molecule has 0 bridgehead atoms. The molecule has 0 saturated heterocycles. The van der Waals surface area contributed by atoms with Crippen molar-refractivity contribution < 1.29 is 0 Å². The normalized spacial score (nSPS) is 7.62. The van der Waals surface area contributed by atoms with Gasteiger partial charge in [-0.1, -0.05) is 18.2 Å². The first kappa shape index (κ1) is 8.57. The Bertz CT molecular complexity index is 138. The predicted molar refractivity (Wildman–Crippen MR) is 40.8 cm³/mol. The van der Waals surface area contributed by atoms with Crippen LogP contribution in [0.25, 0.3) is 0 Å². The molecule has 0 fully saturated rings. The topological polar surface area (TPSA) is 0 Å². The zero-order chi connectivity index (χ0) is 5.11. The summed E-state index contributed by atoms with van der Waals surface area (Å²) < 4.78 is 0. The monoisotopic (exact) mass is 134 g/mol. The molecule has 0 heterocycles. The predicted octanol–water partition coefficient (Wildman–Crippen LogP) is 1.33. The molecule has 1 rings (SSSR count). The second-order valence-electron chi connectivity index (χ2n) is 1.34. The van der Waals surface area contributed by atoms with Crippen LogP contribution in [0, 0.1) is 0 Å². The van der Waals surface area contributed by atoms with Crippen LogP contribution in [0.2, 0.25) is 0 Å². The van der Waals surface area contributed by atoms with E-state index in [1.165, 1.54) is 0 Å². The van der Waals surface area contributed by atoms with E-state index in [1.54, 1.807) is 0 Å². The molecule has 0 spiro atoms. The van der Waals surface area contributed by atoms with E-state index < -0.39 is 0 Å². The van der Waals surface area contributed by atoms with Crippen LogP contribution in [0.4, 0.5) is 0 Å². The number of thiol groups is 1. The zero-order valence-corrected chi connectivity index (χ0v) is 4.73. The van der Waals surface area contributed by atoms with E-state index in [-0.39, 0.29) is 29.6 Å². The van der Waals surface area contributed by atoms with Crippen molar-refractivity contribution in [2.45, 2.75) is 4.90 Å². The van der Waals surface area contributed by atoms with Crippen molar-refractivity contribution in [3.05, 3.63) is 30.3 Å². The van der Waals surface area contributed by atoms with Gasteiger partial charge in [-0.15, -0.1) is 12.6 Å². The first-order chi connectivity index (χ1) is 3.39. The summed E-state index contributed by atoms with van der Waals surface area (Å²) in [5, 5.41) is 0. The van der Waals surface area contributed by atoms with Gasteiger partial charge in [-0.2, -0.15) is 0 Å². The molecule has 0 saturated carbocycles. The third kappa shape index (κ3) is 2.78. The quantitative estimate of drug-likeness (QED) is 0.401. The molecule has 0 unspecified atom stereocenters. The molecule has 0 atom stereocenters. The average Bonchev–Trinajstić information content (AvgIpc) is 1.69. The first-order valence-corrected chi connectivity index (χ1v) is 2.58. The van der Waals surface area contributed by atoms with Crippen LogP contribution < -0.4 is 0 Å². The molecule has 0 nitrogen and oxygen atoms in total. The minimum atomic E-state index is 0. The van der Waals surface area contributed by atoms with E-state index in [4.69, 9.17) is 0 Å². The molecular weight excluding hydrogens is 127 g/mol. The van der Waals surface area contributed by atoms with Crippen molar-refractivity contribution in [2.75, 3.05) is 0 Å². The van der Waals surface area contributed by atoms with Gasteiger partial charge in [0.15, 0.2) is 0 Å². The third-order valence-electron chi connectivity index (χ3n) is 0.756. The Morgan fingerprint density at radius 3 is 1.75 bits per heavy atom. The number of benzene rings is 1. The minimum absolute atomic E-state index is 0. The van der Waals surface area contributed by atoms with Gasteiger partial charge in [0.05, 0.1) is 0 Å². The molecule has 0 N–H and O–H groups in total. The Hall–Kier alpha value is 0.570. The SMILES string of the molecule is Sc1ccccc1.[NaH]. The van der Waals surface area contributed by atoms with Gasteiger partial charge in [0.25, 0.3) is 0 Å². The van der Waals surface area contributed by atoms with Crippen LogP contribution in [-0.2, 0) is 0 Å². The zero-order valence-electron chi connectivity index (χ0n) is 3.83. The van der Waals surface area contributed by atoms with Gasteiger partial charge in [0.2, 0.25) is 0 Å². The van der Waals surface area contributed by atoms with Crippen molar-refractivity contribution in [3.8, 4) is 0 Å². The Balaban J connectivity index is 0.000000490. The molecule has 0 aliphatic heterocycles. The fourth-order valence-electron chi connectivity index (χ4n) is 0.428. The summed E-state index contributed by atoms with van der Waals surface area (Å²) in [5.74, 6) is 0. The number of rotatable bonds is 0. The summed E-state index contributed by atoms with van der Waals surface area (Å²) >= 11 is 4.08. The molecule has 0 amide bonds. The van der Waals surface area contributed by atoms with Crippen molar-refractivity contribution in [1.29, 1.82) is 0 Å². The molecule has 0 aromatic heterocycles. The van der Waals surface area contributed by atoms with Crippen molar-refractivity contribution in [1.82, 2.24) is 0 Å². The van der Waals surface area contributed by atoms with Crippen LogP contribution >= 0.6 is 12.6 Å². The first-order valence-electron chi connectivity index (χ1n) is 2.13. The molecule has 38 valence electrons. The van der Waals surface area contributed by atoms with E-state index in [9.17, 15) is 0 Å². The van der Waals surface area contributed by atoms with Crippen LogP contribution in [0.3, 0.4) is 0 Å². The van der Waals surface area contributed by atoms with Gasteiger partial charge in [-0.05, 0) is 12.1 Å². The molecule has 8 heavy (non-hydrogen) atoms. The van der Waals surface area contributed by atoms with Gasteiger partial charge < -0.3 is 0 Å². The average molecular weight is 134 g/mol. The van der Waals surface area contributed by atoms with Crippen LogP contribution in [0.15, 0.2) is 35.2 Å². The van der Waals surface area contributed by atoms with Gasteiger partial charge in [0, 0.05) is 4.90 Å².